The number of H-pyrrole nitrogens is 1. The fourth-order valence-electron chi connectivity index (χ4n) is 22.2. The monoisotopic (exact) mass is 2150 g/mol. The summed E-state index contributed by atoms with van der Waals surface area (Å²) in [5.74, 6) is 9.19. The highest BCUT2D eigenvalue weighted by atomic mass is 35.5. The standard InChI is InChI=1S/C26H27Cl2N9.C26H30Cl2N8O.C26H33Cl2N7O2.C26H31Cl2N7O/c1-16(20-5-4-19(27)9-21(20)28)37-26-25(22(10-29)34-37)32-11-24(33-26)36-13-18(14-36)17-3-2-8-35(12-17)15-23-30-6-7-31-23;1-16(20-7-6-19(27)10-21(20)28)36-26-25(22(11-29)33-36)31-12-24(32-26)35-14-18(15-35)17-4-2-8-34(13-17)9-3-5-23(30)37;1-16-24-25(35(32-16)17(2)21-7-6-20(27)11-22(21)28)31-23(12-30-24)34-14-19(15-34)18-5-4-9-33(13-18)10-8-29-26(36)37-3;1-16(7-9-36)33-8-3-4-18(13-33)19-14-34(15-19)24-12-30-25-23(11-29)32-35(26(25)31-24)17(2)21-6-5-20(27)10-22(21)28/h4-7,9,11,16-18H,2-3,8,12-15H2,1H3,(H,30,31);6-7,10,12,16-18H,2-5,8-9,13-15H2,1H3,(H2,30,37);6-7,11-12,17-19H,4-5,8-10,13-15H2,1-3H3,(H,29,36);5-6,10,12,16-19,36H,3-4,7-9,13-15H2,1-2H3. The molecule has 0 radical (unpaired) electrons. The van der Waals surface area contributed by atoms with Crippen LogP contribution in [0.1, 0.15) is 180 Å². The molecular formula is C104H121Cl8N31O4. The first-order chi connectivity index (χ1) is 71.1. The number of nitrogens with two attached hydrogens (primary N) is 1. The number of likely N-dealkylation sites (tertiary alicyclic amines) is 4. The average molecular weight is 2150 g/mol. The molecule has 0 saturated carbocycles. The van der Waals surface area contributed by atoms with Crippen LogP contribution in [0.4, 0.5) is 28.1 Å². The minimum Gasteiger partial charge on any atom is -0.453 e. The highest BCUT2D eigenvalue weighted by Crippen LogP contribution is 2.44. The number of nitrogens with one attached hydrogen (secondary N) is 2. The number of aryl methyl sites for hydroxylation is 1. The van der Waals surface area contributed by atoms with Gasteiger partial charge in [0.1, 0.15) is 69.4 Å². The van der Waals surface area contributed by atoms with Gasteiger partial charge in [0.2, 0.25) is 5.91 Å². The lowest BCUT2D eigenvalue weighted by atomic mass is 9.80. The predicted molar refractivity (Wildman–Crippen MR) is 573 cm³/mol. The summed E-state index contributed by atoms with van der Waals surface area (Å²) in [6, 6.07) is 27.7. The van der Waals surface area contributed by atoms with E-state index < -0.39 is 0 Å². The molecule has 35 nitrogen and oxygen atoms in total. The molecule has 8 aliphatic heterocycles. The van der Waals surface area contributed by atoms with Gasteiger partial charge in [-0.2, -0.15) is 36.2 Å². The Balaban J connectivity index is 0.000000128. The highest BCUT2D eigenvalue weighted by Gasteiger charge is 2.43. The molecule has 772 valence electrons. The number of hydrogen-bond acceptors (Lipinski definition) is 28. The number of aromatic nitrogens is 18. The van der Waals surface area contributed by atoms with Gasteiger partial charge in [0, 0.05) is 163 Å². The first-order valence-electron chi connectivity index (χ1n) is 50.6. The van der Waals surface area contributed by atoms with Gasteiger partial charge in [-0.1, -0.05) is 117 Å². The molecule has 13 aromatic rings. The molecule has 5 N–H and O–H groups in total. The number of aromatic amines is 1. The molecule has 43 heteroatoms. The Morgan fingerprint density at radius 2 is 0.810 bits per heavy atom. The van der Waals surface area contributed by atoms with Crippen LogP contribution in [0.15, 0.2) is 110 Å². The zero-order chi connectivity index (χ0) is 103. The fourth-order valence-corrected chi connectivity index (χ4v) is 24.4. The molecule has 4 aromatic carbocycles. The number of aliphatic hydroxyl groups is 1. The summed E-state index contributed by atoms with van der Waals surface area (Å²) in [5, 5.41) is 63.9. The molecule has 8 saturated heterocycles. The van der Waals surface area contributed by atoms with Crippen LogP contribution in [0.2, 0.25) is 40.2 Å². The number of amides is 2. The van der Waals surface area contributed by atoms with Crippen LogP contribution in [0.5, 0.6) is 0 Å². The maximum absolute atomic E-state index is 11.3. The van der Waals surface area contributed by atoms with E-state index in [4.69, 9.17) is 129 Å². The van der Waals surface area contributed by atoms with E-state index in [0.29, 0.717) is 140 Å². The zero-order valence-electron chi connectivity index (χ0n) is 83.3. The maximum atomic E-state index is 11.3. The molecule has 0 aliphatic carbocycles. The Morgan fingerprint density at radius 1 is 0.463 bits per heavy atom. The van der Waals surface area contributed by atoms with Crippen LogP contribution >= 0.6 is 92.8 Å². The lowest BCUT2D eigenvalue weighted by Gasteiger charge is -2.48. The van der Waals surface area contributed by atoms with E-state index in [1.54, 1.807) is 75.1 Å². The second kappa shape index (κ2) is 47.3. The smallest absolute Gasteiger partial charge is 0.406 e. The van der Waals surface area contributed by atoms with Crippen molar-refractivity contribution in [3.8, 4) is 18.2 Å². The van der Waals surface area contributed by atoms with E-state index in [1.165, 1.54) is 58.5 Å². The quantitative estimate of drug-likeness (QED) is 0.0354. The molecule has 0 bridgehead atoms. The number of methoxy groups -OCH3 is 1. The van der Waals surface area contributed by atoms with Gasteiger partial charge in [-0.15, -0.1) is 0 Å². The van der Waals surface area contributed by atoms with Crippen LogP contribution < -0.4 is 30.7 Å². The van der Waals surface area contributed by atoms with Crippen LogP contribution in [0, 0.1) is 88.3 Å². The molecule has 0 spiro atoms. The molecule has 2 amide bonds. The van der Waals surface area contributed by atoms with Crippen LogP contribution in [-0.2, 0) is 16.1 Å². The normalized spacial score (nSPS) is 19.9. The molecular weight excluding hydrogens is 2030 g/mol. The first kappa shape index (κ1) is 106. The average Bonchev–Trinajstić information content (AvgIpc) is 1.63. The van der Waals surface area contributed by atoms with Crippen LogP contribution in [0.3, 0.4) is 0 Å². The van der Waals surface area contributed by atoms with E-state index in [9.17, 15) is 30.5 Å². The Bertz CT molecular complexity index is 7000. The summed E-state index contributed by atoms with van der Waals surface area (Å²) >= 11 is 50.3. The van der Waals surface area contributed by atoms with Crippen molar-refractivity contribution in [2.24, 2.45) is 53.1 Å². The molecule has 9 atom stereocenters. The number of primary amides is 1. The third kappa shape index (κ3) is 24.0. The van der Waals surface area contributed by atoms with E-state index in [0.717, 1.165) is 205 Å². The van der Waals surface area contributed by atoms with Crippen molar-refractivity contribution in [1.29, 1.82) is 15.8 Å². The lowest BCUT2D eigenvalue weighted by Crippen LogP contribution is -2.54. The van der Waals surface area contributed by atoms with Crippen molar-refractivity contribution in [2.75, 3.05) is 158 Å². The Kier molecular flexibility index (Phi) is 34.0. The summed E-state index contributed by atoms with van der Waals surface area (Å²) in [7, 11) is 1.39. The number of piperidine rings is 4. The number of nitrogens with zero attached hydrogens (tertiary/aromatic N) is 28. The highest BCUT2D eigenvalue weighted by molar-refractivity contribution is 6.37. The number of carbonyl (C=O) groups is 2. The number of hydrogen-bond donors (Lipinski definition) is 4. The van der Waals surface area contributed by atoms with E-state index >= 15 is 0 Å². The topological polar surface area (TPSA) is 402 Å². The maximum Gasteiger partial charge on any atom is 0.406 e. The summed E-state index contributed by atoms with van der Waals surface area (Å²) in [5.41, 5.74) is 15.1. The number of nitriles is 3. The summed E-state index contributed by atoms with van der Waals surface area (Å²) in [4.78, 5) is 87.2. The van der Waals surface area contributed by atoms with E-state index in [-0.39, 0.29) is 59.9 Å². The Hall–Kier alpha value is -11.2. The third-order valence-corrected chi connectivity index (χ3v) is 33.0. The predicted octanol–water partition coefficient (Wildman–Crippen LogP) is 17.8. The fraction of sp³-hybridized carbons (Fsp3) is 0.500. The number of anilines is 4. The number of fused-ring (bicyclic) bond motifs is 4. The van der Waals surface area contributed by atoms with Gasteiger partial charge in [-0.25, -0.2) is 68.4 Å². The van der Waals surface area contributed by atoms with Crippen LogP contribution in [-0.4, -0.2) is 270 Å². The largest absolute Gasteiger partial charge is 0.453 e. The number of rotatable bonds is 28. The molecule has 17 heterocycles. The van der Waals surface area contributed by atoms with Gasteiger partial charge in [0.05, 0.1) is 68.3 Å². The lowest BCUT2D eigenvalue weighted by molar-refractivity contribution is -0.118. The zero-order valence-corrected chi connectivity index (χ0v) is 89.4. The van der Waals surface area contributed by atoms with Crippen molar-refractivity contribution in [2.45, 2.75) is 149 Å². The number of carbonyl (C=O) groups excluding carboxylic acids is 2. The number of halogens is 8. The minimum absolute atomic E-state index is 0.114. The number of benzene rings is 4. The molecule has 147 heavy (non-hydrogen) atoms. The second-order valence-corrected chi connectivity index (χ2v) is 43.6. The summed E-state index contributed by atoms with van der Waals surface area (Å²) < 4.78 is 11.8. The van der Waals surface area contributed by atoms with Gasteiger partial charge >= 0.3 is 6.09 Å². The SMILES string of the molecule is CC(CCO)N1CCCC(C2CN(c3cnc4c(C#N)nn(C(C)c5ccc(Cl)cc5Cl)c4n3)C2)C1.CC(c1ccc(Cl)cc1Cl)n1nc(C#N)c2ncc(N3CC(C4CCCN(CCCC(N)=O)C4)C3)nc21.CC(c1ccc(Cl)cc1Cl)n1nc(C#N)c2ncc(N3CC(C4CCCN(Cc5ncc[nH]5)C4)C3)nc21.COC(=O)NCCN1CCCC(C2CN(c3cnc4c(C)nn(C(C)c5ccc(Cl)cc5Cl)c4n3)C2)C1. The van der Waals surface area contributed by atoms with Crippen molar-refractivity contribution in [3.63, 3.8) is 0 Å². The van der Waals surface area contributed by atoms with Crippen molar-refractivity contribution in [3.05, 3.63) is 201 Å². The van der Waals surface area contributed by atoms with Crippen molar-refractivity contribution < 1.29 is 19.4 Å². The van der Waals surface area contributed by atoms with E-state index in [2.05, 4.69) is 122 Å². The first-order valence-corrected chi connectivity index (χ1v) is 53.7. The second-order valence-electron chi connectivity index (χ2n) is 40.2. The number of aliphatic hydroxyl groups excluding tert-OH is 1. The van der Waals surface area contributed by atoms with Crippen molar-refractivity contribution >= 4 is 173 Å². The van der Waals surface area contributed by atoms with Gasteiger partial charge < -0.3 is 60.2 Å². The van der Waals surface area contributed by atoms with Gasteiger partial charge in [0.25, 0.3) is 0 Å². The summed E-state index contributed by atoms with van der Waals surface area (Å²) in [6.45, 7) is 32.0. The third-order valence-electron chi connectivity index (χ3n) is 30.8. The van der Waals surface area contributed by atoms with Crippen LogP contribution in [0.25, 0.3) is 44.7 Å². The van der Waals surface area contributed by atoms with E-state index in [1.807, 2.05) is 81.3 Å². The van der Waals surface area contributed by atoms with Crippen molar-refractivity contribution in [1.82, 2.24) is 114 Å². The number of imidazole rings is 1. The number of alkyl carbamates (subject to hydrolysis) is 1. The van der Waals surface area contributed by atoms with Gasteiger partial charge in [-0.05, 0) is 257 Å². The Morgan fingerprint density at radius 3 is 1.16 bits per heavy atom. The molecule has 21 rings (SSSR count). The summed E-state index contributed by atoms with van der Waals surface area (Å²) in [6.07, 6.45) is 22.3. The number of ether oxygens (including phenoxy) is 1. The molecule has 8 aliphatic rings. The molecule has 9 unspecified atom stereocenters. The minimum atomic E-state index is -0.372. The van der Waals surface area contributed by atoms with Gasteiger partial charge in [-0.3, -0.25) is 9.69 Å². The molecule has 8 fully saturated rings. The molecule has 9 aromatic heterocycles. The van der Waals surface area contributed by atoms with Gasteiger partial charge in [0.15, 0.2) is 39.7 Å². The Labute approximate surface area is 894 Å².